The van der Waals surface area contributed by atoms with Gasteiger partial charge in [0.2, 0.25) is 5.89 Å². The number of rotatable bonds is 5. The van der Waals surface area contributed by atoms with Crippen LogP contribution in [0.25, 0.3) is 0 Å². The Morgan fingerprint density at radius 2 is 2.44 bits per heavy atom. The summed E-state index contributed by atoms with van der Waals surface area (Å²) in [6, 6.07) is -0.361. The molecule has 7 heteroatoms. The maximum atomic E-state index is 8.71. The number of hydrogen-bond acceptors (Lipinski definition) is 6. The van der Waals surface area contributed by atoms with E-state index in [0.717, 1.165) is 5.69 Å². The van der Waals surface area contributed by atoms with Crippen LogP contribution >= 0.6 is 0 Å². The number of nitrogens with one attached hydrogen (secondary N) is 1. The summed E-state index contributed by atoms with van der Waals surface area (Å²) in [6.07, 6.45) is 4.22. The Balaban J connectivity index is 2.00. The van der Waals surface area contributed by atoms with Gasteiger partial charge in [0.25, 0.3) is 0 Å². The molecule has 0 aliphatic carbocycles. The Labute approximate surface area is 91.7 Å². The van der Waals surface area contributed by atoms with Crippen molar-refractivity contribution < 1.29 is 9.63 Å². The van der Waals surface area contributed by atoms with Crippen LogP contribution in [0.1, 0.15) is 23.5 Å². The molecule has 1 unspecified atom stereocenters. The maximum absolute atomic E-state index is 8.71. The summed E-state index contributed by atoms with van der Waals surface area (Å²) in [5.41, 5.74) is 6.80. The van der Waals surface area contributed by atoms with Gasteiger partial charge >= 0.3 is 0 Å². The molecule has 0 saturated heterocycles. The lowest BCUT2D eigenvalue weighted by Crippen LogP contribution is -2.14. The monoisotopic (exact) mass is 223 g/mol. The van der Waals surface area contributed by atoms with Gasteiger partial charge in [-0.2, -0.15) is 4.98 Å². The van der Waals surface area contributed by atoms with E-state index >= 15 is 0 Å². The summed E-state index contributed by atoms with van der Waals surface area (Å²) in [7, 11) is 0. The smallest absolute Gasteiger partial charge is 0.243 e. The van der Waals surface area contributed by atoms with E-state index in [2.05, 4.69) is 20.1 Å². The van der Waals surface area contributed by atoms with Crippen LogP contribution in [0.3, 0.4) is 0 Å². The second-order valence-electron chi connectivity index (χ2n) is 3.41. The zero-order chi connectivity index (χ0) is 11.4. The van der Waals surface area contributed by atoms with E-state index in [1.165, 1.54) is 0 Å². The van der Waals surface area contributed by atoms with E-state index in [1.54, 1.807) is 12.5 Å². The molecule has 0 fully saturated rings. The van der Waals surface area contributed by atoms with E-state index in [1.807, 2.05) is 0 Å². The number of aromatic nitrogens is 4. The highest BCUT2D eigenvalue weighted by Crippen LogP contribution is 2.12. The molecule has 0 bridgehead atoms. The van der Waals surface area contributed by atoms with Gasteiger partial charge in [-0.3, -0.25) is 0 Å². The van der Waals surface area contributed by atoms with E-state index in [9.17, 15) is 0 Å². The molecule has 2 heterocycles. The number of imidazole rings is 1. The fourth-order valence-electron chi connectivity index (χ4n) is 1.34. The summed E-state index contributed by atoms with van der Waals surface area (Å²) in [4.78, 5) is 10.9. The molecular formula is C9H13N5O2. The molecule has 7 nitrogen and oxygen atoms in total. The van der Waals surface area contributed by atoms with Gasteiger partial charge in [0, 0.05) is 24.7 Å². The number of aliphatic hydroxyl groups is 1. The molecule has 0 saturated carbocycles. The van der Waals surface area contributed by atoms with Gasteiger partial charge in [0.1, 0.15) is 0 Å². The van der Waals surface area contributed by atoms with E-state index < -0.39 is 0 Å². The molecule has 16 heavy (non-hydrogen) atoms. The lowest BCUT2D eigenvalue weighted by atomic mass is 10.2. The van der Waals surface area contributed by atoms with Gasteiger partial charge in [-0.15, -0.1) is 0 Å². The van der Waals surface area contributed by atoms with Crippen molar-refractivity contribution in [2.75, 3.05) is 6.61 Å². The third-order valence-electron chi connectivity index (χ3n) is 2.13. The normalized spacial score (nSPS) is 12.9. The zero-order valence-electron chi connectivity index (χ0n) is 8.63. The first kappa shape index (κ1) is 10.8. The third kappa shape index (κ3) is 2.44. The molecule has 0 aromatic carbocycles. The number of aliphatic hydroxyl groups excluding tert-OH is 1. The minimum Gasteiger partial charge on any atom is -0.396 e. The van der Waals surface area contributed by atoms with Crippen molar-refractivity contribution in [2.24, 2.45) is 5.73 Å². The fourth-order valence-corrected chi connectivity index (χ4v) is 1.34. The van der Waals surface area contributed by atoms with Gasteiger partial charge < -0.3 is 20.3 Å². The Bertz CT molecular complexity index is 425. The topological polar surface area (TPSA) is 114 Å². The molecule has 0 aliphatic rings. The van der Waals surface area contributed by atoms with Gasteiger partial charge in [-0.05, 0) is 0 Å². The summed E-state index contributed by atoms with van der Waals surface area (Å²) in [6.45, 7) is -0.00520. The molecule has 1 atom stereocenters. The fraction of sp³-hybridized carbons (Fsp3) is 0.444. The second-order valence-corrected chi connectivity index (χ2v) is 3.41. The highest BCUT2D eigenvalue weighted by Gasteiger charge is 2.15. The molecule has 4 N–H and O–H groups in total. The number of aromatic amines is 1. The van der Waals surface area contributed by atoms with Crippen LogP contribution in [0, 0.1) is 0 Å². The first-order chi connectivity index (χ1) is 7.79. The van der Waals surface area contributed by atoms with Gasteiger partial charge in [0.05, 0.1) is 19.0 Å². The number of hydrogen-bond donors (Lipinski definition) is 3. The van der Waals surface area contributed by atoms with Crippen molar-refractivity contribution in [3.8, 4) is 0 Å². The van der Waals surface area contributed by atoms with Crippen molar-refractivity contribution in [3.05, 3.63) is 29.9 Å². The molecular weight excluding hydrogens is 210 g/mol. The highest BCUT2D eigenvalue weighted by atomic mass is 16.5. The lowest BCUT2D eigenvalue weighted by Gasteiger charge is -2.03. The minimum atomic E-state index is -0.361. The van der Waals surface area contributed by atoms with Crippen molar-refractivity contribution in [3.63, 3.8) is 0 Å². The molecule has 0 radical (unpaired) electrons. The largest absolute Gasteiger partial charge is 0.396 e. The van der Waals surface area contributed by atoms with Crippen molar-refractivity contribution in [1.29, 1.82) is 0 Å². The second kappa shape index (κ2) is 4.86. The molecule has 0 spiro atoms. The van der Waals surface area contributed by atoms with E-state index in [4.69, 9.17) is 15.4 Å². The van der Waals surface area contributed by atoms with Crippen LogP contribution in [-0.2, 0) is 12.8 Å². The average Bonchev–Trinajstić information content (AvgIpc) is 2.89. The standard InChI is InChI=1S/C9H13N5O2/c10-7(3-6-4-11-5-12-6)9-13-8(1-2-15)14-16-9/h4-5,7,15H,1-3,10H2,(H,11,12). The summed E-state index contributed by atoms with van der Waals surface area (Å²) in [5.74, 6) is 0.843. The lowest BCUT2D eigenvalue weighted by molar-refractivity contribution is 0.292. The van der Waals surface area contributed by atoms with Gasteiger partial charge in [0.15, 0.2) is 5.82 Å². The molecule has 86 valence electrons. The number of H-pyrrole nitrogens is 1. The summed E-state index contributed by atoms with van der Waals surface area (Å²) >= 11 is 0. The predicted molar refractivity (Wildman–Crippen MR) is 54.3 cm³/mol. The Kier molecular flexibility index (Phi) is 3.28. The number of nitrogens with two attached hydrogens (primary N) is 1. The van der Waals surface area contributed by atoms with Crippen LogP contribution in [0.4, 0.5) is 0 Å². The Morgan fingerprint density at radius 1 is 1.56 bits per heavy atom. The number of nitrogens with zero attached hydrogens (tertiary/aromatic N) is 3. The summed E-state index contributed by atoms with van der Waals surface area (Å²) < 4.78 is 5.00. The molecule has 0 amide bonds. The Morgan fingerprint density at radius 3 is 3.12 bits per heavy atom. The van der Waals surface area contributed by atoms with E-state index in [-0.39, 0.29) is 12.6 Å². The van der Waals surface area contributed by atoms with Crippen LogP contribution < -0.4 is 5.73 Å². The minimum absolute atomic E-state index is 0.00520. The van der Waals surface area contributed by atoms with Crippen LogP contribution in [-0.4, -0.2) is 31.8 Å². The maximum Gasteiger partial charge on any atom is 0.243 e. The molecule has 2 aromatic rings. The van der Waals surface area contributed by atoms with Crippen LogP contribution in [0.2, 0.25) is 0 Å². The quantitative estimate of drug-likeness (QED) is 0.633. The Hall–Kier alpha value is -1.73. The molecule has 2 aromatic heterocycles. The third-order valence-corrected chi connectivity index (χ3v) is 2.13. The van der Waals surface area contributed by atoms with Crippen molar-refractivity contribution in [1.82, 2.24) is 20.1 Å². The van der Waals surface area contributed by atoms with Gasteiger partial charge in [-0.25, -0.2) is 4.98 Å². The average molecular weight is 223 g/mol. The van der Waals surface area contributed by atoms with Crippen LogP contribution in [0.5, 0.6) is 0 Å². The van der Waals surface area contributed by atoms with Crippen molar-refractivity contribution in [2.45, 2.75) is 18.9 Å². The highest BCUT2D eigenvalue weighted by molar-refractivity contribution is 5.02. The first-order valence-corrected chi connectivity index (χ1v) is 4.95. The zero-order valence-corrected chi connectivity index (χ0v) is 8.63. The first-order valence-electron chi connectivity index (χ1n) is 4.95. The van der Waals surface area contributed by atoms with Crippen molar-refractivity contribution >= 4 is 0 Å². The summed E-state index contributed by atoms with van der Waals surface area (Å²) in [5, 5.41) is 12.4. The molecule has 0 aliphatic heterocycles. The predicted octanol–water partition coefficient (Wildman–Crippen LogP) is -0.430. The van der Waals surface area contributed by atoms with E-state index in [0.29, 0.717) is 24.6 Å². The van der Waals surface area contributed by atoms with Crippen LogP contribution in [0.15, 0.2) is 17.0 Å². The van der Waals surface area contributed by atoms with Gasteiger partial charge in [-0.1, -0.05) is 5.16 Å². The SMILES string of the molecule is NC(Cc1cnc[nH]1)c1nc(CCO)no1. The molecule has 2 rings (SSSR count).